The first-order valence-electron chi connectivity index (χ1n) is 14.9. The molecule has 0 amide bonds. The van der Waals surface area contributed by atoms with Crippen LogP contribution in [0.4, 0.5) is 0 Å². The summed E-state index contributed by atoms with van der Waals surface area (Å²) in [7, 11) is -1.99. The number of hydrogen-bond acceptors (Lipinski definition) is 1. The molecule has 0 N–H and O–H groups in total. The molecular formula is C35H51BOSi. The lowest BCUT2D eigenvalue weighted by molar-refractivity contribution is -0.0620. The van der Waals surface area contributed by atoms with Gasteiger partial charge in [-0.05, 0) is 55.3 Å². The van der Waals surface area contributed by atoms with Crippen molar-refractivity contribution in [3.05, 3.63) is 90.5 Å². The van der Waals surface area contributed by atoms with Crippen LogP contribution in [0.5, 0.6) is 0 Å². The summed E-state index contributed by atoms with van der Waals surface area (Å²) in [6.45, 7) is 21.8. The van der Waals surface area contributed by atoms with Gasteiger partial charge in [-0.15, -0.1) is 0 Å². The molecule has 0 aromatic heterocycles. The zero-order valence-corrected chi connectivity index (χ0v) is 26.5. The third kappa shape index (κ3) is 7.30. The van der Waals surface area contributed by atoms with Crippen LogP contribution >= 0.6 is 0 Å². The molecule has 0 saturated heterocycles. The molecule has 4 unspecified atom stereocenters. The van der Waals surface area contributed by atoms with Gasteiger partial charge in [0.25, 0.3) is 0 Å². The molecule has 3 aromatic carbocycles. The van der Waals surface area contributed by atoms with Gasteiger partial charge in [0.05, 0.1) is 5.60 Å². The Bertz CT molecular complexity index is 1040. The van der Waals surface area contributed by atoms with Gasteiger partial charge in [0.2, 0.25) is 6.71 Å². The molecule has 3 aromatic rings. The van der Waals surface area contributed by atoms with Crippen molar-refractivity contribution in [3.8, 4) is 0 Å². The van der Waals surface area contributed by atoms with E-state index in [1.54, 1.807) is 0 Å². The fraction of sp³-hybridized carbons (Fsp3) is 0.486. The molecule has 0 bridgehead atoms. The van der Waals surface area contributed by atoms with E-state index in [2.05, 4.69) is 146 Å². The van der Waals surface area contributed by atoms with Gasteiger partial charge in [-0.1, -0.05) is 156 Å². The molecule has 0 fully saturated rings. The number of hydrogen-bond donors (Lipinski definition) is 0. The molecule has 1 nitrogen and oxygen atoms in total. The highest BCUT2D eigenvalue weighted by molar-refractivity contribution is 6.95. The van der Waals surface area contributed by atoms with E-state index in [1.165, 1.54) is 34.8 Å². The topological polar surface area (TPSA) is 9.23 Å². The Labute approximate surface area is 235 Å². The first-order valence-corrected chi connectivity index (χ1v) is 18.0. The van der Waals surface area contributed by atoms with Crippen LogP contribution < -0.4 is 16.4 Å². The highest BCUT2D eigenvalue weighted by Crippen LogP contribution is 2.42. The van der Waals surface area contributed by atoms with E-state index in [0.29, 0.717) is 23.7 Å². The van der Waals surface area contributed by atoms with Crippen molar-refractivity contribution in [2.45, 2.75) is 86.0 Å². The van der Waals surface area contributed by atoms with Gasteiger partial charge >= 0.3 is 0 Å². The third-order valence-electron chi connectivity index (χ3n) is 9.51. The maximum absolute atomic E-state index is 7.35. The molecule has 3 heteroatoms. The first kappa shape index (κ1) is 30.4. The van der Waals surface area contributed by atoms with Crippen LogP contribution in [0.1, 0.15) is 66.9 Å². The second-order valence-electron chi connectivity index (χ2n) is 12.6. The fourth-order valence-corrected chi connectivity index (χ4v) is 9.11. The summed E-state index contributed by atoms with van der Waals surface area (Å²) >= 11 is 0. The summed E-state index contributed by atoms with van der Waals surface area (Å²) in [5.74, 6) is 2.32. The number of benzene rings is 3. The monoisotopic (exact) mass is 526 g/mol. The Morgan fingerprint density at radius 3 is 1.45 bits per heavy atom. The van der Waals surface area contributed by atoms with Gasteiger partial charge in [-0.2, -0.15) is 0 Å². The Kier molecular flexibility index (Phi) is 10.7. The molecule has 0 saturated carbocycles. The van der Waals surface area contributed by atoms with E-state index in [4.69, 9.17) is 4.43 Å². The summed E-state index contributed by atoms with van der Waals surface area (Å²) < 4.78 is 7.35. The molecule has 4 atom stereocenters. The smallest absolute Gasteiger partial charge is 0.241 e. The SMILES string of the molecule is CCC(C)C(C)C(C)(O[Si](C)(C)Cc1ccc(B(c2ccccc2)c2ccccc2)cc1)C(C)C(C)CC. The summed E-state index contributed by atoms with van der Waals surface area (Å²) in [5, 5.41) is 0. The standard InChI is InChI=1S/C35H51BOSi/c1-10-27(3)29(5)35(7,30(6)28(4)11-2)37-38(8,9)26-31-22-24-34(25-23-31)36(32-18-14-12-15-19-32)33-20-16-13-17-21-33/h12-25,27-30H,10-11,26H2,1-9H3. The molecule has 0 heterocycles. The van der Waals surface area contributed by atoms with E-state index in [1.807, 2.05) is 0 Å². The van der Waals surface area contributed by atoms with Gasteiger partial charge in [-0.3, -0.25) is 0 Å². The van der Waals surface area contributed by atoms with Gasteiger partial charge in [0.15, 0.2) is 8.32 Å². The zero-order chi connectivity index (χ0) is 27.9. The van der Waals surface area contributed by atoms with Crippen molar-refractivity contribution in [2.24, 2.45) is 23.7 Å². The normalized spacial score (nSPS) is 16.8. The molecule has 3 rings (SSSR count). The lowest BCUT2D eigenvalue weighted by atomic mass is 9.37. The molecule has 0 aliphatic carbocycles. The predicted molar refractivity (Wildman–Crippen MR) is 172 cm³/mol. The van der Waals surface area contributed by atoms with Gasteiger partial charge < -0.3 is 4.43 Å². The Morgan fingerprint density at radius 1 is 0.658 bits per heavy atom. The largest absolute Gasteiger partial charge is 0.411 e. The van der Waals surface area contributed by atoms with Crippen LogP contribution in [0.2, 0.25) is 13.1 Å². The molecular weight excluding hydrogens is 475 g/mol. The minimum absolute atomic E-state index is 0.119. The number of rotatable bonds is 13. The third-order valence-corrected chi connectivity index (χ3v) is 11.8. The Morgan fingerprint density at radius 2 is 1.05 bits per heavy atom. The van der Waals surface area contributed by atoms with Crippen LogP contribution in [0.3, 0.4) is 0 Å². The van der Waals surface area contributed by atoms with Gasteiger partial charge in [0, 0.05) is 0 Å². The molecule has 204 valence electrons. The van der Waals surface area contributed by atoms with E-state index < -0.39 is 8.32 Å². The minimum atomic E-state index is -1.99. The van der Waals surface area contributed by atoms with Crippen molar-refractivity contribution in [2.75, 3.05) is 0 Å². The zero-order valence-electron chi connectivity index (χ0n) is 25.5. The van der Waals surface area contributed by atoms with Crippen LogP contribution in [0, 0.1) is 23.7 Å². The predicted octanol–water partition coefficient (Wildman–Crippen LogP) is 7.63. The van der Waals surface area contributed by atoms with E-state index in [-0.39, 0.29) is 12.3 Å². The lowest BCUT2D eigenvalue weighted by Gasteiger charge is -2.49. The Balaban J connectivity index is 1.86. The second-order valence-corrected chi connectivity index (χ2v) is 16.6. The summed E-state index contributed by atoms with van der Waals surface area (Å²) in [5.41, 5.74) is 5.27. The second kappa shape index (κ2) is 13.3. The van der Waals surface area contributed by atoms with Gasteiger partial charge in [-0.25, -0.2) is 0 Å². The highest BCUT2D eigenvalue weighted by atomic mass is 28.4. The Hall–Kier alpha value is -2.10. The summed E-state index contributed by atoms with van der Waals surface area (Å²) in [4.78, 5) is 0. The average molecular weight is 527 g/mol. The van der Waals surface area contributed by atoms with Crippen molar-refractivity contribution in [1.29, 1.82) is 0 Å². The van der Waals surface area contributed by atoms with E-state index in [0.717, 1.165) is 6.04 Å². The minimum Gasteiger partial charge on any atom is -0.411 e. The van der Waals surface area contributed by atoms with Crippen LogP contribution in [-0.4, -0.2) is 20.6 Å². The maximum atomic E-state index is 7.35. The quantitative estimate of drug-likeness (QED) is 0.208. The van der Waals surface area contributed by atoms with Crippen molar-refractivity contribution in [1.82, 2.24) is 0 Å². The van der Waals surface area contributed by atoms with E-state index in [9.17, 15) is 0 Å². The van der Waals surface area contributed by atoms with Crippen molar-refractivity contribution < 1.29 is 4.43 Å². The average Bonchev–Trinajstić information content (AvgIpc) is 2.93. The van der Waals surface area contributed by atoms with Crippen molar-refractivity contribution >= 4 is 31.4 Å². The summed E-state index contributed by atoms with van der Waals surface area (Å²) in [6, 6.07) is 32.1. The van der Waals surface area contributed by atoms with Gasteiger partial charge in [0.1, 0.15) is 0 Å². The van der Waals surface area contributed by atoms with Crippen LogP contribution in [0.15, 0.2) is 84.9 Å². The molecule has 38 heavy (non-hydrogen) atoms. The lowest BCUT2D eigenvalue weighted by Crippen LogP contribution is -2.54. The summed E-state index contributed by atoms with van der Waals surface area (Å²) in [6.07, 6.45) is 2.39. The molecule has 0 radical (unpaired) electrons. The van der Waals surface area contributed by atoms with Crippen molar-refractivity contribution in [3.63, 3.8) is 0 Å². The molecule has 0 spiro atoms. The maximum Gasteiger partial charge on any atom is 0.241 e. The van der Waals surface area contributed by atoms with E-state index >= 15 is 0 Å². The van der Waals surface area contributed by atoms with Crippen LogP contribution in [-0.2, 0) is 10.5 Å². The highest BCUT2D eigenvalue weighted by Gasteiger charge is 2.45. The van der Waals surface area contributed by atoms with Crippen LogP contribution in [0.25, 0.3) is 0 Å². The molecule has 0 aliphatic rings. The molecule has 0 aliphatic heterocycles. The fourth-order valence-electron chi connectivity index (χ4n) is 6.26. The first-order chi connectivity index (χ1) is 18.0.